The second-order valence-corrected chi connectivity index (χ2v) is 3.38. The molecule has 1 aromatic heterocycles. The second-order valence-electron chi connectivity index (χ2n) is 3.38. The predicted octanol–water partition coefficient (Wildman–Crippen LogP) is 3.36. The maximum absolute atomic E-state index is 11.5. The van der Waals surface area contributed by atoms with Gasteiger partial charge < -0.3 is 9.15 Å². The average molecular weight is 232 g/mol. The molecule has 0 aliphatic carbocycles. The third kappa shape index (κ3) is 3.48. The minimum Gasteiger partial charge on any atom is -0.472 e. The number of hydrogen-bond donors (Lipinski definition) is 0. The molecule has 1 aromatic rings. The normalized spacial score (nSPS) is 12.4. The molecule has 0 radical (unpaired) electrons. The summed E-state index contributed by atoms with van der Waals surface area (Å²) in [5.74, 6) is -0.352. The van der Waals surface area contributed by atoms with Crippen LogP contribution >= 0.6 is 0 Å². The molecule has 0 amide bonds. The smallest absolute Gasteiger partial charge is 0.337 e. The predicted molar refractivity (Wildman–Crippen MR) is 67.3 cm³/mol. The highest BCUT2D eigenvalue weighted by Crippen LogP contribution is 2.18. The lowest BCUT2D eigenvalue weighted by atomic mass is 10.1. The summed E-state index contributed by atoms with van der Waals surface area (Å²) in [4.78, 5) is 11.5. The monoisotopic (exact) mass is 232 g/mol. The van der Waals surface area contributed by atoms with Crippen LogP contribution in [0.4, 0.5) is 0 Å². The second kappa shape index (κ2) is 6.53. The third-order valence-corrected chi connectivity index (χ3v) is 2.23. The average Bonchev–Trinajstić information content (AvgIpc) is 2.87. The molecule has 0 atom stereocenters. The van der Waals surface area contributed by atoms with Gasteiger partial charge in [-0.05, 0) is 24.1 Å². The van der Waals surface area contributed by atoms with Crippen LogP contribution in [-0.2, 0) is 9.53 Å². The molecule has 17 heavy (non-hydrogen) atoms. The van der Waals surface area contributed by atoms with Gasteiger partial charge in [-0.15, -0.1) is 0 Å². The SMILES string of the molecule is C=C/C(=C\C(=C/CC)C(=O)OC)c1ccoc1. The highest BCUT2D eigenvalue weighted by molar-refractivity contribution is 5.95. The van der Waals surface area contributed by atoms with Crippen molar-refractivity contribution in [2.24, 2.45) is 0 Å². The van der Waals surface area contributed by atoms with Crippen LogP contribution in [0.15, 0.2) is 53.4 Å². The van der Waals surface area contributed by atoms with Crippen molar-refractivity contribution in [2.45, 2.75) is 13.3 Å². The Hall–Kier alpha value is -2.03. The van der Waals surface area contributed by atoms with Gasteiger partial charge in [-0.3, -0.25) is 0 Å². The highest BCUT2D eigenvalue weighted by atomic mass is 16.5. The first-order valence-electron chi connectivity index (χ1n) is 5.38. The van der Waals surface area contributed by atoms with Crippen molar-refractivity contribution in [1.82, 2.24) is 0 Å². The number of allylic oxidation sites excluding steroid dienone is 3. The largest absolute Gasteiger partial charge is 0.472 e. The number of carbonyl (C=O) groups excluding carboxylic acids is 1. The van der Waals surface area contributed by atoms with E-state index in [9.17, 15) is 4.79 Å². The van der Waals surface area contributed by atoms with Crippen LogP contribution in [-0.4, -0.2) is 13.1 Å². The van der Waals surface area contributed by atoms with Gasteiger partial charge in [-0.25, -0.2) is 4.79 Å². The van der Waals surface area contributed by atoms with E-state index in [4.69, 9.17) is 9.15 Å². The number of rotatable bonds is 5. The first kappa shape index (κ1) is 13.0. The summed E-state index contributed by atoms with van der Waals surface area (Å²) >= 11 is 0. The van der Waals surface area contributed by atoms with Gasteiger partial charge in [-0.1, -0.05) is 25.7 Å². The molecular weight excluding hydrogens is 216 g/mol. The molecule has 0 aliphatic rings. The standard InChI is InChI=1S/C14H16O3/c1-4-6-12(14(15)16-3)9-11(5-2)13-7-8-17-10-13/h5-10H,2,4H2,1,3H3/b11-9+,12-6+. The summed E-state index contributed by atoms with van der Waals surface area (Å²) < 4.78 is 9.72. The van der Waals surface area contributed by atoms with E-state index in [1.54, 1.807) is 24.7 Å². The topological polar surface area (TPSA) is 39.4 Å². The Morgan fingerprint density at radius 1 is 1.59 bits per heavy atom. The lowest BCUT2D eigenvalue weighted by molar-refractivity contribution is -0.135. The van der Waals surface area contributed by atoms with Crippen molar-refractivity contribution in [3.8, 4) is 0 Å². The Balaban J connectivity index is 3.08. The first-order valence-corrected chi connectivity index (χ1v) is 5.38. The quantitative estimate of drug-likeness (QED) is 0.444. The van der Waals surface area contributed by atoms with Gasteiger partial charge in [0, 0.05) is 5.56 Å². The van der Waals surface area contributed by atoms with Gasteiger partial charge >= 0.3 is 5.97 Å². The van der Waals surface area contributed by atoms with Crippen molar-refractivity contribution in [3.05, 3.63) is 54.5 Å². The summed E-state index contributed by atoms with van der Waals surface area (Å²) in [5, 5.41) is 0. The zero-order valence-corrected chi connectivity index (χ0v) is 10.1. The summed E-state index contributed by atoms with van der Waals surface area (Å²) in [6.45, 7) is 5.69. The molecule has 0 saturated heterocycles. The lowest BCUT2D eigenvalue weighted by Gasteiger charge is -2.02. The van der Waals surface area contributed by atoms with E-state index in [1.165, 1.54) is 7.11 Å². The number of hydrogen-bond acceptors (Lipinski definition) is 3. The van der Waals surface area contributed by atoms with Crippen molar-refractivity contribution in [1.29, 1.82) is 0 Å². The number of esters is 1. The van der Waals surface area contributed by atoms with Crippen LogP contribution in [0.25, 0.3) is 5.57 Å². The number of carbonyl (C=O) groups is 1. The summed E-state index contributed by atoms with van der Waals surface area (Å²) in [6, 6.07) is 1.81. The summed E-state index contributed by atoms with van der Waals surface area (Å²) in [5.41, 5.74) is 2.22. The first-order chi connectivity index (χ1) is 8.22. The molecule has 1 rings (SSSR count). The zero-order valence-electron chi connectivity index (χ0n) is 10.1. The van der Waals surface area contributed by atoms with Crippen LogP contribution in [0.2, 0.25) is 0 Å². The molecule has 0 fully saturated rings. The van der Waals surface area contributed by atoms with E-state index in [2.05, 4.69) is 6.58 Å². The summed E-state index contributed by atoms with van der Waals surface area (Å²) in [6.07, 6.45) is 9.18. The molecule has 0 saturated carbocycles. The Morgan fingerprint density at radius 3 is 2.82 bits per heavy atom. The molecule has 1 heterocycles. The van der Waals surface area contributed by atoms with Crippen LogP contribution in [0, 0.1) is 0 Å². The molecular formula is C14H16O3. The van der Waals surface area contributed by atoms with Crippen LogP contribution in [0.3, 0.4) is 0 Å². The molecule has 0 bridgehead atoms. The highest BCUT2D eigenvalue weighted by Gasteiger charge is 2.08. The summed E-state index contributed by atoms with van der Waals surface area (Å²) in [7, 11) is 1.37. The molecule has 3 heteroatoms. The Kier molecular flexibility index (Phi) is 5.01. The van der Waals surface area contributed by atoms with Gasteiger partial charge in [0.2, 0.25) is 0 Å². The molecule has 0 unspecified atom stereocenters. The van der Waals surface area contributed by atoms with Crippen molar-refractivity contribution in [3.63, 3.8) is 0 Å². The minimum absolute atomic E-state index is 0.352. The van der Waals surface area contributed by atoms with Crippen LogP contribution in [0.5, 0.6) is 0 Å². The Bertz CT molecular complexity index is 436. The molecule has 0 aromatic carbocycles. The van der Waals surface area contributed by atoms with Crippen molar-refractivity contribution < 1.29 is 13.9 Å². The van der Waals surface area contributed by atoms with E-state index >= 15 is 0 Å². The fourth-order valence-corrected chi connectivity index (χ4v) is 1.40. The Morgan fingerprint density at radius 2 is 2.35 bits per heavy atom. The van der Waals surface area contributed by atoms with E-state index in [0.717, 1.165) is 17.6 Å². The van der Waals surface area contributed by atoms with E-state index in [1.807, 2.05) is 19.1 Å². The van der Waals surface area contributed by atoms with E-state index in [-0.39, 0.29) is 5.97 Å². The maximum Gasteiger partial charge on any atom is 0.337 e. The number of furan rings is 1. The molecule has 0 N–H and O–H groups in total. The lowest BCUT2D eigenvalue weighted by Crippen LogP contribution is -2.03. The molecule has 0 aliphatic heterocycles. The van der Waals surface area contributed by atoms with Gasteiger partial charge in [0.25, 0.3) is 0 Å². The van der Waals surface area contributed by atoms with Gasteiger partial charge in [-0.2, -0.15) is 0 Å². The maximum atomic E-state index is 11.5. The fraction of sp³-hybridized carbons (Fsp3) is 0.214. The van der Waals surface area contributed by atoms with E-state index < -0.39 is 0 Å². The van der Waals surface area contributed by atoms with Gasteiger partial charge in [0.05, 0.1) is 25.2 Å². The third-order valence-electron chi connectivity index (χ3n) is 2.23. The minimum atomic E-state index is -0.352. The van der Waals surface area contributed by atoms with Gasteiger partial charge in [0.1, 0.15) is 0 Å². The molecule has 0 spiro atoms. The van der Waals surface area contributed by atoms with Crippen LogP contribution < -0.4 is 0 Å². The molecule has 3 nitrogen and oxygen atoms in total. The number of ether oxygens (including phenoxy) is 1. The number of methoxy groups -OCH3 is 1. The van der Waals surface area contributed by atoms with E-state index in [0.29, 0.717) is 5.57 Å². The fourth-order valence-electron chi connectivity index (χ4n) is 1.40. The van der Waals surface area contributed by atoms with Crippen LogP contribution in [0.1, 0.15) is 18.9 Å². The van der Waals surface area contributed by atoms with Crippen molar-refractivity contribution in [2.75, 3.05) is 7.11 Å². The van der Waals surface area contributed by atoms with Crippen molar-refractivity contribution >= 4 is 11.5 Å². The zero-order chi connectivity index (χ0) is 12.7. The Labute approximate surface area is 101 Å². The van der Waals surface area contributed by atoms with Gasteiger partial charge in [0.15, 0.2) is 0 Å². The molecule has 90 valence electrons.